The Morgan fingerprint density at radius 3 is 2.81 bits per heavy atom. The van der Waals surface area contributed by atoms with Gasteiger partial charge in [-0.2, -0.15) is 0 Å². The number of hydrogen-bond donors (Lipinski definition) is 3. The Balaban J connectivity index is 1.50. The molecule has 2 fully saturated rings. The number of pyridine rings is 1. The van der Waals surface area contributed by atoms with Gasteiger partial charge in [-0.3, -0.25) is 14.6 Å². The van der Waals surface area contributed by atoms with Crippen LogP contribution in [0.1, 0.15) is 54.2 Å². The molecule has 0 saturated carbocycles. The molecule has 0 unspecified atom stereocenters. The number of benzene rings is 1. The van der Waals surface area contributed by atoms with Crippen LogP contribution in [0.2, 0.25) is 0 Å². The maximum absolute atomic E-state index is 12.1. The molecule has 4 N–H and O–H groups in total. The van der Waals surface area contributed by atoms with Crippen LogP contribution in [0.4, 0.5) is 11.4 Å². The van der Waals surface area contributed by atoms with Gasteiger partial charge < -0.3 is 21.3 Å². The molecule has 3 heterocycles. The highest BCUT2D eigenvalue weighted by Crippen LogP contribution is 2.24. The number of anilines is 2. The van der Waals surface area contributed by atoms with Gasteiger partial charge in [-0.1, -0.05) is 19.1 Å². The number of amides is 2. The molecule has 2 amide bonds. The number of hydrogen-bond acceptors (Lipinski definition) is 5. The molecule has 31 heavy (non-hydrogen) atoms. The van der Waals surface area contributed by atoms with Crippen LogP contribution in [-0.4, -0.2) is 42.5 Å². The van der Waals surface area contributed by atoms with Gasteiger partial charge in [0.15, 0.2) is 0 Å². The first kappa shape index (κ1) is 21.3. The van der Waals surface area contributed by atoms with Crippen LogP contribution < -0.4 is 21.3 Å². The van der Waals surface area contributed by atoms with Gasteiger partial charge in [0.05, 0.1) is 11.3 Å². The lowest BCUT2D eigenvalue weighted by Gasteiger charge is -2.31. The maximum Gasteiger partial charge on any atom is 0.252 e. The Kier molecular flexibility index (Phi) is 6.51. The van der Waals surface area contributed by atoms with Crippen LogP contribution in [-0.2, 0) is 11.2 Å². The normalized spacial score (nSPS) is 21.7. The minimum atomic E-state index is -0.473. The van der Waals surface area contributed by atoms with E-state index in [1.165, 1.54) is 0 Å². The van der Waals surface area contributed by atoms with Crippen LogP contribution in [0.15, 0.2) is 36.5 Å². The molecule has 7 heteroatoms. The van der Waals surface area contributed by atoms with Gasteiger partial charge in [-0.05, 0) is 62.0 Å². The molecule has 2 aliphatic rings. The number of nitrogens with zero attached hydrogens (tertiary/aromatic N) is 2. The van der Waals surface area contributed by atoms with E-state index in [1.54, 1.807) is 6.20 Å². The minimum absolute atomic E-state index is 0.200. The average molecular weight is 422 g/mol. The van der Waals surface area contributed by atoms with Crippen molar-refractivity contribution in [1.29, 1.82) is 0 Å². The first-order chi connectivity index (χ1) is 15.0. The van der Waals surface area contributed by atoms with Gasteiger partial charge >= 0.3 is 0 Å². The zero-order valence-electron chi connectivity index (χ0n) is 18.1. The van der Waals surface area contributed by atoms with Crippen molar-refractivity contribution in [3.8, 4) is 0 Å². The molecule has 2 aliphatic heterocycles. The number of primary amides is 1. The fourth-order valence-electron chi connectivity index (χ4n) is 4.42. The zero-order chi connectivity index (χ0) is 21.8. The largest absolute Gasteiger partial charge is 0.381 e. The van der Waals surface area contributed by atoms with E-state index in [9.17, 15) is 9.59 Å². The average Bonchev–Trinajstić information content (AvgIpc) is 2.76. The fraction of sp³-hybridized carbons (Fsp3) is 0.458. The molecule has 4 rings (SSSR count). The van der Waals surface area contributed by atoms with Crippen molar-refractivity contribution in [2.75, 3.05) is 29.9 Å². The molecular formula is C24H31N5O2. The molecule has 1 aromatic carbocycles. The summed E-state index contributed by atoms with van der Waals surface area (Å²) in [6.45, 7) is 4.90. The monoisotopic (exact) mass is 421 g/mol. The minimum Gasteiger partial charge on any atom is -0.381 e. The Morgan fingerprint density at radius 2 is 2.10 bits per heavy atom. The van der Waals surface area contributed by atoms with Gasteiger partial charge in [0.1, 0.15) is 0 Å². The van der Waals surface area contributed by atoms with Crippen molar-refractivity contribution in [3.05, 3.63) is 53.3 Å². The summed E-state index contributed by atoms with van der Waals surface area (Å²) in [5.74, 6) is 0.181. The van der Waals surface area contributed by atoms with E-state index in [4.69, 9.17) is 5.73 Å². The Bertz CT molecular complexity index is 943. The summed E-state index contributed by atoms with van der Waals surface area (Å²) in [5.41, 5.74) is 9.70. The molecule has 2 saturated heterocycles. The van der Waals surface area contributed by atoms with E-state index in [-0.39, 0.29) is 11.9 Å². The summed E-state index contributed by atoms with van der Waals surface area (Å²) in [5, 5.41) is 6.93. The second-order valence-electron chi connectivity index (χ2n) is 8.65. The van der Waals surface area contributed by atoms with Gasteiger partial charge in [0, 0.05) is 43.0 Å². The third kappa shape index (κ3) is 5.05. The van der Waals surface area contributed by atoms with Crippen LogP contribution in [0, 0.1) is 5.92 Å². The summed E-state index contributed by atoms with van der Waals surface area (Å²) >= 11 is 0. The number of aromatic nitrogens is 1. The molecule has 0 aliphatic carbocycles. The summed E-state index contributed by atoms with van der Waals surface area (Å²) in [4.78, 5) is 30.4. The van der Waals surface area contributed by atoms with E-state index >= 15 is 0 Å². The van der Waals surface area contributed by atoms with Crippen LogP contribution in [0.3, 0.4) is 0 Å². The lowest BCUT2D eigenvalue weighted by Crippen LogP contribution is -2.42. The molecule has 2 aromatic rings. The Morgan fingerprint density at radius 1 is 1.29 bits per heavy atom. The highest BCUT2D eigenvalue weighted by molar-refractivity contribution is 5.98. The second kappa shape index (κ2) is 9.47. The first-order valence-corrected chi connectivity index (χ1v) is 11.2. The number of piperidine rings is 2. The third-order valence-corrected chi connectivity index (χ3v) is 6.31. The van der Waals surface area contributed by atoms with Crippen molar-refractivity contribution in [2.45, 2.75) is 45.1 Å². The van der Waals surface area contributed by atoms with Crippen molar-refractivity contribution >= 4 is 23.2 Å². The molecule has 7 nitrogen and oxygen atoms in total. The molecule has 0 bridgehead atoms. The lowest BCUT2D eigenvalue weighted by atomic mass is 9.94. The maximum atomic E-state index is 12.1. The number of nitrogens with one attached hydrogen (secondary N) is 2. The van der Waals surface area contributed by atoms with Crippen LogP contribution in [0.25, 0.3) is 0 Å². The summed E-state index contributed by atoms with van der Waals surface area (Å²) in [7, 11) is 0. The van der Waals surface area contributed by atoms with E-state index in [0.717, 1.165) is 61.5 Å². The summed E-state index contributed by atoms with van der Waals surface area (Å²) in [6, 6.07) is 10.3. The zero-order valence-corrected chi connectivity index (χ0v) is 18.1. The molecule has 1 aromatic heterocycles. The molecule has 0 radical (unpaired) electrons. The number of carbonyl (C=O) groups excluding carboxylic acids is 2. The third-order valence-electron chi connectivity index (χ3n) is 6.31. The predicted octanol–water partition coefficient (Wildman–Crippen LogP) is 2.70. The fourth-order valence-corrected chi connectivity index (χ4v) is 4.42. The molecule has 164 valence electrons. The quantitative estimate of drug-likeness (QED) is 0.666. The van der Waals surface area contributed by atoms with Crippen molar-refractivity contribution in [2.24, 2.45) is 11.7 Å². The van der Waals surface area contributed by atoms with E-state index in [0.29, 0.717) is 24.3 Å². The summed E-state index contributed by atoms with van der Waals surface area (Å²) in [6.07, 6.45) is 5.87. The van der Waals surface area contributed by atoms with Gasteiger partial charge in [-0.15, -0.1) is 0 Å². The number of rotatable bonds is 6. The van der Waals surface area contributed by atoms with E-state index in [1.807, 2.05) is 35.2 Å². The summed E-state index contributed by atoms with van der Waals surface area (Å²) < 4.78 is 0. The van der Waals surface area contributed by atoms with Gasteiger partial charge in [0.2, 0.25) is 5.91 Å². The van der Waals surface area contributed by atoms with Crippen LogP contribution in [0.5, 0.6) is 0 Å². The SMILES string of the molecule is C[C@H]1CNCC[C@H]1Nc1cc(Cc2ccc(N3CCCCC3=O)cc2)ncc1C(N)=O. The predicted molar refractivity (Wildman–Crippen MR) is 122 cm³/mol. The second-order valence-corrected chi connectivity index (χ2v) is 8.65. The topological polar surface area (TPSA) is 100 Å². The van der Waals surface area contributed by atoms with Crippen molar-refractivity contribution in [1.82, 2.24) is 10.3 Å². The van der Waals surface area contributed by atoms with E-state index < -0.39 is 5.91 Å². The molecular weight excluding hydrogens is 390 g/mol. The highest BCUT2D eigenvalue weighted by atomic mass is 16.2. The van der Waals surface area contributed by atoms with Gasteiger partial charge in [-0.25, -0.2) is 0 Å². The lowest BCUT2D eigenvalue weighted by molar-refractivity contribution is -0.119. The van der Waals surface area contributed by atoms with Crippen molar-refractivity contribution < 1.29 is 9.59 Å². The Hall–Kier alpha value is -2.93. The number of nitrogens with two attached hydrogens (primary N) is 1. The van der Waals surface area contributed by atoms with Crippen molar-refractivity contribution in [3.63, 3.8) is 0 Å². The van der Waals surface area contributed by atoms with Crippen LogP contribution >= 0.6 is 0 Å². The standard InChI is InChI=1S/C24H31N5O2/c1-16-14-26-10-9-21(16)28-22-13-18(27-15-20(22)24(25)31)12-17-5-7-19(8-6-17)29-11-3-2-4-23(29)30/h5-8,13,15-16,21,26H,2-4,9-12,14H2,1H3,(H2,25,31)(H,27,28)/t16-,21+/m0/s1. The highest BCUT2D eigenvalue weighted by Gasteiger charge is 2.23. The Labute approximate surface area is 183 Å². The first-order valence-electron chi connectivity index (χ1n) is 11.2. The molecule has 0 spiro atoms. The smallest absolute Gasteiger partial charge is 0.252 e. The molecule has 2 atom stereocenters. The van der Waals surface area contributed by atoms with E-state index in [2.05, 4.69) is 22.5 Å². The number of carbonyl (C=O) groups is 2. The van der Waals surface area contributed by atoms with Gasteiger partial charge in [0.25, 0.3) is 5.91 Å².